The van der Waals surface area contributed by atoms with Gasteiger partial charge in [-0.1, -0.05) is 87.7 Å². The van der Waals surface area contributed by atoms with Crippen LogP contribution >= 0.6 is 0 Å². The monoisotopic (exact) mass is 438 g/mol. The zero-order valence-electron chi connectivity index (χ0n) is 21.2. The van der Waals surface area contributed by atoms with Gasteiger partial charge in [0.1, 0.15) is 0 Å². The highest BCUT2D eigenvalue weighted by molar-refractivity contribution is 6.77. The molecule has 0 unspecified atom stereocenters. The number of rotatable bonds is 7. The average molecular weight is 439 g/mol. The molecule has 0 aromatic heterocycles. The number of hydrogen-bond acceptors (Lipinski definition) is 3. The second-order valence-corrected chi connectivity index (χ2v) is 16.8. The van der Waals surface area contributed by atoms with E-state index in [2.05, 4.69) is 68.4 Å². The molecule has 0 amide bonds. The van der Waals surface area contributed by atoms with E-state index < -0.39 is 20.5 Å². The molecule has 0 aliphatic heterocycles. The molecule has 0 spiro atoms. The molecular weight excluding hydrogens is 388 g/mol. The molecule has 1 saturated carbocycles. The lowest BCUT2D eigenvalue weighted by Crippen LogP contribution is -2.54. The van der Waals surface area contributed by atoms with Crippen LogP contribution < -0.4 is 0 Å². The third kappa shape index (κ3) is 5.08. The van der Waals surface area contributed by atoms with Gasteiger partial charge in [-0.3, -0.25) is 0 Å². The molecule has 3 nitrogen and oxygen atoms in total. The Morgan fingerprint density at radius 1 is 0.900 bits per heavy atom. The third-order valence-electron chi connectivity index (χ3n) is 8.55. The molecule has 2 aliphatic carbocycles. The second-order valence-electron chi connectivity index (χ2n) is 11.4. The van der Waals surface area contributed by atoms with E-state index in [1.54, 1.807) is 0 Å². The van der Waals surface area contributed by atoms with Crippen LogP contribution in [0.5, 0.6) is 0 Å². The van der Waals surface area contributed by atoms with Crippen molar-refractivity contribution in [1.29, 1.82) is 0 Å². The lowest BCUT2D eigenvalue weighted by molar-refractivity contribution is -0.00645. The predicted molar refractivity (Wildman–Crippen MR) is 130 cm³/mol. The average Bonchev–Trinajstić information content (AvgIpc) is 2.77. The van der Waals surface area contributed by atoms with Gasteiger partial charge in [0.05, 0.1) is 18.3 Å². The summed E-state index contributed by atoms with van der Waals surface area (Å²) < 4.78 is 7.28. The summed E-state index contributed by atoms with van der Waals surface area (Å²) in [4.78, 5) is 0. The Balaban J connectivity index is 2.43. The van der Waals surface area contributed by atoms with Crippen LogP contribution in [0.4, 0.5) is 0 Å². The molecule has 30 heavy (non-hydrogen) atoms. The fourth-order valence-corrected chi connectivity index (χ4v) is 12.5. The van der Waals surface area contributed by atoms with Crippen molar-refractivity contribution in [2.75, 3.05) is 0 Å². The summed E-state index contributed by atoms with van der Waals surface area (Å²) in [6.07, 6.45) is 7.28. The van der Waals surface area contributed by atoms with Crippen molar-refractivity contribution < 1.29 is 14.6 Å². The molecule has 0 aromatic rings. The number of aliphatic hydroxyl groups is 2. The molecule has 2 aliphatic rings. The largest absolute Gasteiger partial charge is 0.412 e. The van der Waals surface area contributed by atoms with Gasteiger partial charge in [0, 0.05) is 17.8 Å². The van der Waals surface area contributed by atoms with Crippen molar-refractivity contribution >= 4 is 8.32 Å². The molecule has 4 heteroatoms. The first-order valence-corrected chi connectivity index (χ1v) is 14.8. The maximum absolute atomic E-state index is 11.4. The van der Waals surface area contributed by atoms with E-state index in [-0.39, 0.29) is 23.9 Å². The van der Waals surface area contributed by atoms with Gasteiger partial charge in [0.25, 0.3) is 0 Å². The molecule has 0 saturated heterocycles. The quantitative estimate of drug-likeness (QED) is 0.343. The minimum Gasteiger partial charge on any atom is -0.412 e. The standard InChI is InChI=1S/C26H50O3Si/c1-16(2)30(17(3)4,18(5)6)29-26-20(8)23(15-19(7)24(27)21(26)9)25(28)22-13-11-10-12-14-22/h15-22,24-28H,10-14H2,1-9H3/t19-,20+,21-,24-,25+,26-/m1/s1. The van der Waals surface area contributed by atoms with Crippen molar-refractivity contribution in [2.45, 2.75) is 129 Å². The van der Waals surface area contributed by atoms with E-state index >= 15 is 0 Å². The van der Waals surface area contributed by atoms with E-state index in [1.165, 1.54) is 19.3 Å². The first kappa shape index (κ1) is 26.1. The highest BCUT2D eigenvalue weighted by Gasteiger charge is 2.50. The minimum atomic E-state index is -2.10. The normalized spacial score (nSPS) is 33.1. The van der Waals surface area contributed by atoms with Gasteiger partial charge < -0.3 is 14.6 Å². The highest BCUT2D eigenvalue weighted by Crippen LogP contribution is 2.47. The van der Waals surface area contributed by atoms with Gasteiger partial charge in [-0.25, -0.2) is 0 Å². The first-order valence-electron chi connectivity index (χ1n) is 12.7. The Hall–Kier alpha value is -0.163. The molecule has 0 radical (unpaired) electrons. The van der Waals surface area contributed by atoms with Crippen LogP contribution in [0.2, 0.25) is 16.6 Å². The van der Waals surface area contributed by atoms with Crippen molar-refractivity contribution in [3.63, 3.8) is 0 Å². The molecular formula is C26H50O3Si. The smallest absolute Gasteiger partial charge is 0.200 e. The Bertz CT molecular complexity index is 543. The van der Waals surface area contributed by atoms with Gasteiger partial charge in [0.2, 0.25) is 8.32 Å². The second kappa shape index (κ2) is 10.6. The predicted octanol–water partition coefficient (Wildman–Crippen LogP) is 6.70. The molecule has 176 valence electrons. The van der Waals surface area contributed by atoms with Crippen molar-refractivity contribution in [2.24, 2.45) is 23.7 Å². The zero-order valence-corrected chi connectivity index (χ0v) is 22.2. The highest BCUT2D eigenvalue weighted by atomic mass is 28.4. The van der Waals surface area contributed by atoms with Crippen LogP contribution in [0.15, 0.2) is 11.6 Å². The topological polar surface area (TPSA) is 49.7 Å². The first-order chi connectivity index (χ1) is 13.9. The summed E-state index contributed by atoms with van der Waals surface area (Å²) >= 11 is 0. The van der Waals surface area contributed by atoms with E-state index in [4.69, 9.17) is 4.43 Å². The minimum absolute atomic E-state index is 0.0394. The van der Waals surface area contributed by atoms with Crippen molar-refractivity contribution in [3.05, 3.63) is 11.6 Å². The van der Waals surface area contributed by atoms with E-state index in [0.717, 1.165) is 18.4 Å². The van der Waals surface area contributed by atoms with Gasteiger partial charge >= 0.3 is 0 Å². The van der Waals surface area contributed by atoms with Crippen LogP contribution in [-0.2, 0) is 4.43 Å². The van der Waals surface area contributed by atoms with Crippen LogP contribution in [-0.4, -0.2) is 36.8 Å². The van der Waals surface area contributed by atoms with E-state index in [9.17, 15) is 10.2 Å². The van der Waals surface area contributed by atoms with Gasteiger partial charge in [-0.2, -0.15) is 0 Å². The Labute approximate surface area is 187 Å². The van der Waals surface area contributed by atoms with Crippen molar-refractivity contribution in [3.8, 4) is 0 Å². The van der Waals surface area contributed by atoms with E-state index in [1.807, 2.05) is 0 Å². The Kier molecular flexibility index (Phi) is 9.25. The Morgan fingerprint density at radius 2 is 1.40 bits per heavy atom. The molecule has 0 heterocycles. The lowest BCUT2D eigenvalue weighted by atomic mass is 9.77. The maximum atomic E-state index is 11.4. The summed E-state index contributed by atoms with van der Waals surface area (Å²) in [6, 6.07) is 0. The molecule has 1 fully saturated rings. The van der Waals surface area contributed by atoms with E-state index in [0.29, 0.717) is 22.5 Å². The molecule has 0 aromatic carbocycles. The summed E-state index contributed by atoms with van der Waals surface area (Å²) in [5.74, 6) is 0.565. The number of aliphatic hydroxyl groups excluding tert-OH is 2. The third-order valence-corrected chi connectivity index (χ3v) is 14.6. The molecule has 2 rings (SSSR count). The van der Waals surface area contributed by atoms with Gasteiger partial charge in [-0.15, -0.1) is 0 Å². The Morgan fingerprint density at radius 3 is 1.87 bits per heavy atom. The fraction of sp³-hybridized carbons (Fsp3) is 0.923. The maximum Gasteiger partial charge on any atom is 0.200 e. The van der Waals surface area contributed by atoms with Crippen molar-refractivity contribution in [1.82, 2.24) is 0 Å². The van der Waals surface area contributed by atoms with Gasteiger partial charge in [-0.05, 0) is 41.0 Å². The summed E-state index contributed by atoms with van der Waals surface area (Å²) in [5, 5.41) is 22.6. The summed E-state index contributed by atoms with van der Waals surface area (Å²) in [6.45, 7) is 20.4. The summed E-state index contributed by atoms with van der Waals surface area (Å²) in [7, 11) is -2.10. The zero-order chi connectivity index (χ0) is 22.8. The molecule has 6 atom stereocenters. The van der Waals surface area contributed by atoms with Crippen LogP contribution in [0, 0.1) is 23.7 Å². The van der Waals surface area contributed by atoms with Crippen LogP contribution in [0.1, 0.15) is 94.4 Å². The fourth-order valence-electron chi connectivity index (χ4n) is 6.82. The molecule has 2 N–H and O–H groups in total. The number of hydrogen-bond donors (Lipinski definition) is 2. The molecule has 0 bridgehead atoms. The van der Waals surface area contributed by atoms with Crippen LogP contribution in [0.25, 0.3) is 0 Å². The lowest BCUT2D eigenvalue weighted by Gasteiger charge is -2.48. The van der Waals surface area contributed by atoms with Gasteiger partial charge in [0.15, 0.2) is 0 Å². The van der Waals surface area contributed by atoms with Crippen LogP contribution in [0.3, 0.4) is 0 Å². The summed E-state index contributed by atoms with van der Waals surface area (Å²) in [5.41, 5.74) is 2.64. The SMILES string of the molecule is CC(C)[Si](O[C@H]1[C@H](C)[C@H](O)[C@H](C)C=C([C@@H](O)C2CCCCC2)[C@@H]1C)(C(C)C)C(C)C.